The van der Waals surface area contributed by atoms with Crippen molar-refractivity contribution in [1.82, 2.24) is 20.0 Å². The highest BCUT2D eigenvalue weighted by Crippen LogP contribution is 2.35. The van der Waals surface area contributed by atoms with Crippen LogP contribution < -0.4 is 5.32 Å². The molecule has 11 heteroatoms. The van der Waals surface area contributed by atoms with Crippen LogP contribution in [0.15, 0.2) is 53.7 Å². The maximum atomic E-state index is 13.3. The van der Waals surface area contributed by atoms with Gasteiger partial charge in [0.2, 0.25) is 0 Å². The summed E-state index contributed by atoms with van der Waals surface area (Å²) in [6, 6.07) is 10.8. The highest BCUT2D eigenvalue weighted by Gasteiger charge is 2.38. The third kappa shape index (κ3) is 6.69. The van der Waals surface area contributed by atoms with Gasteiger partial charge in [0, 0.05) is 55.6 Å². The third-order valence-corrected chi connectivity index (χ3v) is 7.86. The quantitative estimate of drug-likeness (QED) is 0.435. The summed E-state index contributed by atoms with van der Waals surface area (Å²) in [7, 11) is 0. The lowest BCUT2D eigenvalue weighted by atomic mass is 9.94. The predicted octanol–water partition coefficient (Wildman–Crippen LogP) is 5.40. The summed E-state index contributed by atoms with van der Waals surface area (Å²) in [5.74, 6) is -0.553. The van der Waals surface area contributed by atoms with Crippen molar-refractivity contribution in [2.45, 2.75) is 26.3 Å². The molecule has 2 aromatic carbocycles. The van der Waals surface area contributed by atoms with Crippen molar-refractivity contribution in [3.8, 4) is 0 Å². The minimum Gasteiger partial charge on any atom is -0.463 e. The number of hydrogen-bond donors (Lipinski definition) is 1. The van der Waals surface area contributed by atoms with Crippen LogP contribution in [0.3, 0.4) is 0 Å². The first-order valence-electron chi connectivity index (χ1n) is 12.9. The average molecular weight is 594 g/mol. The molecule has 0 aliphatic carbocycles. The number of nitrogens with zero attached hydrogens (tertiary/aromatic N) is 3. The number of amides is 3. The second-order valence-corrected chi connectivity index (χ2v) is 10.6. The Morgan fingerprint density at radius 2 is 1.72 bits per heavy atom. The van der Waals surface area contributed by atoms with Crippen LogP contribution in [0.1, 0.15) is 42.2 Å². The summed E-state index contributed by atoms with van der Waals surface area (Å²) in [6.45, 7) is 6.89. The van der Waals surface area contributed by atoms with Crippen molar-refractivity contribution < 1.29 is 19.1 Å². The molecule has 2 aliphatic rings. The number of halogens is 3. The van der Waals surface area contributed by atoms with Gasteiger partial charge in [0.1, 0.15) is 0 Å². The Hall–Kier alpha value is -2.78. The molecule has 8 nitrogen and oxygen atoms in total. The Morgan fingerprint density at radius 3 is 2.38 bits per heavy atom. The fourth-order valence-corrected chi connectivity index (χ4v) is 5.35. The van der Waals surface area contributed by atoms with E-state index in [9.17, 15) is 14.4 Å². The van der Waals surface area contributed by atoms with Crippen LogP contribution in [0.2, 0.25) is 15.1 Å². The standard InChI is InChI=1S/C28H31Cl3N4O4/c1-3-35-23(17-33-12-5-13-34(15-14-33)26(36)18-6-9-20(29)10-7-18)24(27(37)39-4-2)25(32-28(35)38)19-8-11-21(30)22(31)16-19/h6-11,16,25H,3-5,12-15,17H2,1-2H3,(H,32,38). The molecule has 1 atom stereocenters. The molecule has 2 aliphatic heterocycles. The summed E-state index contributed by atoms with van der Waals surface area (Å²) in [4.78, 5) is 45.2. The van der Waals surface area contributed by atoms with Crippen LogP contribution in [-0.4, -0.2) is 78.5 Å². The van der Waals surface area contributed by atoms with E-state index in [2.05, 4.69) is 10.2 Å². The maximum Gasteiger partial charge on any atom is 0.338 e. The third-order valence-electron chi connectivity index (χ3n) is 6.87. The van der Waals surface area contributed by atoms with E-state index in [0.29, 0.717) is 76.7 Å². The van der Waals surface area contributed by atoms with E-state index in [-0.39, 0.29) is 18.5 Å². The summed E-state index contributed by atoms with van der Waals surface area (Å²) in [5, 5.41) is 4.22. The van der Waals surface area contributed by atoms with Gasteiger partial charge in [-0.3, -0.25) is 14.6 Å². The van der Waals surface area contributed by atoms with Gasteiger partial charge >= 0.3 is 12.0 Å². The number of ether oxygens (including phenoxy) is 1. The summed E-state index contributed by atoms with van der Waals surface area (Å²) >= 11 is 18.4. The van der Waals surface area contributed by atoms with Gasteiger partial charge in [-0.15, -0.1) is 0 Å². The molecule has 1 fully saturated rings. The van der Waals surface area contributed by atoms with E-state index in [1.165, 1.54) is 0 Å². The van der Waals surface area contributed by atoms with Gasteiger partial charge in [-0.05, 0) is 62.2 Å². The lowest BCUT2D eigenvalue weighted by Crippen LogP contribution is -2.51. The molecule has 3 amide bonds. The Bertz CT molecular complexity index is 1270. The van der Waals surface area contributed by atoms with Crippen molar-refractivity contribution in [3.63, 3.8) is 0 Å². The van der Waals surface area contributed by atoms with Gasteiger partial charge in [0.15, 0.2) is 0 Å². The molecular weight excluding hydrogens is 563 g/mol. The molecule has 1 N–H and O–H groups in total. The zero-order chi connectivity index (χ0) is 28.1. The largest absolute Gasteiger partial charge is 0.463 e. The predicted molar refractivity (Wildman–Crippen MR) is 152 cm³/mol. The molecule has 0 aromatic heterocycles. The van der Waals surface area contributed by atoms with Gasteiger partial charge in [-0.25, -0.2) is 9.59 Å². The van der Waals surface area contributed by atoms with Gasteiger partial charge < -0.3 is 15.0 Å². The van der Waals surface area contributed by atoms with Crippen LogP contribution >= 0.6 is 34.8 Å². The van der Waals surface area contributed by atoms with Crippen LogP contribution in [-0.2, 0) is 9.53 Å². The summed E-state index contributed by atoms with van der Waals surface area (Å²) < 4.78 is 5.45. The molecule has 0 spiro atoms. The SMILES string of the molecule is CCOC(=O)C1=C(CN2CCCN(C(=O)c3ccc(Cl)cc3)CC2)N(CC)C(=O)NC1c1ccc(Cl)c(Cl)c1. The van der Waals surface area contributed by atoms with Crippen LogP contribution in [0.25, 0.3) is 0 Å². The molecule has 2 heterocycles. The lowest BCUT2D eigenvalue weighted by Gasteiger charge is -2.38. The van der Waals surface area contributed by atoms with Gasteiger partial charge in [-0.1, -0.05) is 40.9 Å². The van der Waals surface area contributed by atoms with Crippen molar-refractivity contribution in [2.75, 3.05) is 45.9 Å². The Morgan fingerprint density at radius 1 is 0.974 bits per heavy atom. The van der Waals surface area contributed by atoms with Crippen LogP contribution in [0.4, 0.5) is 4.79 Å². The first-order chi connectivity index (χ1) is 18.7. The van der Waals surface area contributed by atoms with E-state index in [1.807, 2.05) is 11.8 Å². The summed E-state index contributed by atoms with van der Waals surface area (Å²) in [6.07, 6.45) is 0.746. The van der Waals surface area contributed by atoms with Crippen LogP contribution in [0.5, 0.6) is 0 Å². The van der Waals surface area contributed by atoms with Gasteiger partial charge in [0.25, 0.3) is 5.91 Å². The summed E-state index contributed by atoms with van der Waals surface area (Å²) in [5.41, 5.74) is 2.15. The smallest absolute Gasteiger partial charge is 0.338 e. The van der Waals surface area contributed by atoms with Gasteiger partial charge in [0.05, 0.1) is 28.3 Å². The van der Waals surface area contributed by atoms with Crippen molar-refractivity contribution in [2.24, 2.45) is 0 Å². The molecule has 0 radical (unpaired) electrons. The zero-order valence-electron chi connectivity index (χ0n) is 21.9. The number of likely N-dealkylation sites (N-methyl/N-ethyl adjacent to an activating group) is 1. The van der Waals surface area contributed by atoms with Gasteiger partial charge in [-0.2, -0.15) is 0 Å². The molecule has 0 bridgehead atoms. The van der Waals surface area contributed by atoms with E-state index >= 15 is 0 Å². The Kier molecular flexibility index (Phi) is 9.77. The molecule has 39 heavy (non-hydrogen) atoms. The fraction of sp³-hybridized carbons (Fsp3) is 0.393. The van der Waals surface area contributed by atoms with E-state index in [4.69, 9.17) is 39.5 Å². The zero-order valence-corrected chi connectivity index (χ0v) is 24.2. The van der Waals surface area contributed by atoms with E-state index in [1.54, 1.807) is 54.3 Å². The Balaban J connectivity index is 1.63. The number of carbonyl (C=O) groups excluding carboxylic acids is 3. The molecule has 1 unspecified atom stereocenters. The Labute approximate surface area is 243 Å². The second-order valence-electron chi connectivity index (χ2n) is 9.31. The van der Waals surface area contributed by atoms with E-state index < -0.39 is 12.0 Å². The lowest BCUT2D eigenvalue weighted by molar-refractivity contribution is -0.139. The highest BCUT2D eigenvalue weighted by molar-refractivity contribution is 6.42. The fourth-order valence-electron chi connectivity index (χ4n) is 4.92. The van der Waals surface area contributed by atoms with E-state index in [0.717, 1.165) is 6.42 Å². The number of nitrogens with one attached hydrogen (secondary N) is 1. The number of carbonyl (C=O) groups is 3. The molecule has 2 aromatic rings. The van der Waals surface area contributed by atoms with Crippen molar-refractivity contribution in [1.29, 1.82) is 0 Å². The number of benzene rings is 2. The molecule has 208 valence electrons. The first kappa shape index (κ1) is 29.2. The van der Waals surface area contributed by atoms with Crippen molar-refractivity contribution >= 4 is 52.7 Å². The molecule has 1 saturated heterocycles. The highest BCUT2D eigenvalue weighted by atomic mass is 35.5. The van der Waals surface area contributed by atoms with Crippen LogP contribution in [0, 0.1) is 0 Å². The average Bonchev–Trinajstić information content (AvgIpc) is 3.16. The first-order valence-corrected chi connectivity index (χ1v) is 14.1. The monoisotopic (exact) mass is 592 g/mol. The topological polar surface area (TPSA) is 82.2 Å². The molecule has 0 saturated carbocycles. The number of urea groups is 1. The minimum atomic E-state index is -0.751. The minimum absolute atomic E-state index is 0.0492. The second kappa shape index (κ2) is 13.0. The molecule has 4 rings (SSSR count). The number of rotatable bonds is 7. The number of hydrogen-bond acceptors (Lipinski definition) is 5. The maximum absolute atomic E-state index is 13.3. The van der Waals surface area contributed by atoms with Crippen molar-refractivity contribution in [3.05, 3.63) is 79.9 Å². The number of esters is 1. The normalized spacial score (nSPS) is 18.6. The molecular formula is C28H31Cl3N4O4.